The van der Waals surface area contributed by atoms with Gasteiger partial charge >= 0.3 is 0 Å². The van der Waals surface area contributed by atoms with E-state index in [0.717, 1.165) is 22.5 Å². The zero-order valence-electron chi connectivity index (χ0n) is 13.9. The van der Waals surface area contributed by atoms with Gasteiger partial charge in [-0.15, -0.1) is 0 Å². The number of aromatic nitrogens is 1. The van der Waals surface area contributed by atoms with Gasteiger partial charge in [0.1, 0.15) is 5.41 Å². The van der Waals surface area contributed by atoms with Gasteiger partial charge in [0.2, 0.25) is 11.8 Å². The van der Waals surface area contributed by atoms with Gasteiger partial charge in [-0.1, -0.05) is 24.3 Å². The molecule has 0 radical (unpaired) electrons. The average Bonchev–Trinajstić information content (AvgIpc) is 3.39. The Morgan fingerprint density at radius 1 is 1.04 bits per heavy atom. The number of aryl methyl sites for hydroxylation is 2. The average molecular weight is 323 g/mol. The van der Waals surface area contributed by atoms with Crippen molar-refractivity contribution in [2.45, 2.75) is 33.2 Å². The third kappa shape index (κ3) is 3.15. The van der Waals surface area contributed by atoms with Crippen LogP contribution in [0.25, 0.3) is 0 Å². The van der Waals surface area contributed by atoms with E-state index in [4.69, 9.17) is 0 Å². The van der Waals surface area contributed by atoms with Crippen molar-refractivity contribution in [2.24, 2.45) is 5.41 Å². The monoisotopic (exact) mass is 323 g/mol. The van der Waals surface area contributed by atoms with E-state index in [1.54, 1.807) is 6.20 Å². The van der Waals surface area contributed by atoms with Crippen molar-refractivity contribution in [1.29, 1.82) is 0 Å². The minimum absolute atomic E-state index is 0.224. The maximum atomic E-state index is 12.7. The summed E-state index contributed by atoms with van der Waals surface area (Å²) in [6.07, 6.45) is 2.84. The smallest absolute Gasteiger partial charge is 0.240 e. The zero-order chi connectivity index (χ0) is 17.2. The first-order chi connectivity index (χ1) is 11.5. The predicted molar refractivity (Wildman–Crippen MR) is 92.3 cm³/mol. The molecule has 1 aromatic heterocycles. The fourth-order valence-electron chi connectivity index (χ4n) is 2.77. The zero-order valence-corrected chi connectivity index (χ0v) is 13.9. The number of nitrogens with one attached hydrogen (secondary N) is 2. The van der Waals surface area contributed by atoms with Crippen LogP contribution in [0.5, 0.6) is 0 Å². The second-order valence-corrected chi connectivity index (χ2v) is 6.31. The summed E-state index contributed by atoms with van der Waals surface area (Å²) < 4.78 is 0. The molecule has 124 valence electrons. The van der Waals surface area contributed by atoms with Gasteiger partial charge < -0.3 is 10.6 Å². The van der Waals surface area contributed by atoms with Crippen molar-refractivity contribution in [1.82, 2.24) is 10.3 Å². The fraction of sp³-hybridized carbons (Fsp3) is 0.316. The topological polar surface area (TPSA) is 71.1 Å². The Bertz CT molecular complexity index is 747. The normalized spacial score (nSPS) is 14.8. The quantitative estimate of drug-likeness (QED) is 0.831. The highest BCUT2D eigenvalue weighted by Gasteiger charge is 2.56. The van der Waals surface area contributed by atoms with Gasteiger partial charge in [0, 0.05) is 11.9 Å². The molecular formula is C19H21N3O2. The molecule has 1 heterocycles. The lowest BCUT2D eigenvalue weighted by atomic mass is 10.0. The highest BCUT2D eigenvalue weighted by atomic mass is 16.2. The summed E-state index contributed by atoms with van der Waals surface area (Å²) in [5.74, 6) is -0.449. The number of hydrogen-bond acceptors (Lipinski definition) is 3. The molecule has 5 heteroatoms. The Morgan fingerprint density at radius 3 is 2.33 bits per heavy atom. The summed E-state index contributed by atoms with van der Waals surface area (Å²) in [6, 6.07) is 11.4. The molecule has 1 aromatic carbocycles. The van der Waals surface area contributed by atoms with Crippen LogP contribution in [0.2, 0.25) is 0 Å². The molecule has 2 aromatic rings. The molecular weight excluding hydrogens is 302 g/mol. The Labute approximate surface area is 141 Å². The summed E-state index contributed by atoms with van der Waals surface area (Å²) in [5, 5.41) is 5.78. The summed E-state index contributed by atoms with van der Waals surface area (Å²) >= 11 is 0. The number of carbonyl (C=O) groups is 2. The van der Waals surface area contributed by atoms with Crippen LogP contribution < -0.4 is 10.6 Å². The summed E-state index contributed by atoms with van der Waals surface area (Å²) in [4.78, 5) is 29.3. The predicted octanol–water partition coefficient (Wildman–Crippen LogP) is 2.73. The second-order valence-electron chi connectivity index (χ2n) is 6.31. The van der Waals surface area contributed by atoms with Crippen molar-refractivity contribution >= 4 is 17.5 Å². The van der Waals surface area contributed by atoms with E-state index in [2.05, 4.69) is 15.6 Å². The maximum Gasteiger partial charge on any atom is 0.240 e. The number of benzene rings is 1. The van der Waals surface area contributed by atoms with Crippen LogP contribution in [0.3, 0.4) is 0 Å². The molecule has 5 nitrogen and oxygen atoms in total. The number of amides is 2. The SMILES string of the molecule is Cc1cccc(C)c1NC(=O)C1(C(=O)NCc2ccccn2)CC1. The molecule has 2 amide bonds. The van der Waals surface area contributed by atoms with Gasteiger partial charge in [-0.2, -0.15) is 0 Å². The number of carbonyl (C=O) groups excluding carboxylic acids is 2. The standard InChI is InChI=1S/C19H21N3O2/c1-13-6-5-7-14(2)16(13)22-18(24)19(9-10-19)17(23)21-12-15-8-3-4-11-20-15/h3-8,11H,9-10,12H2,1-2H3,(H,21,23)(H,22,24). The first kappa shape index (κ1) is 16.2. The lowest BCUT2D eigenvalue weighted by molar-refractivity contribution is -0.134. The first-order valence-electron chi connectivity index (χ1n) is 8.09. The van der Waals surface area contributed by atoms with Gasteiger partial charge in [-0.25, -0.2) is 0 Å². The molecule has 0 atom stereocenters. The van der Waals surface area contributed by atoms with Gasteiger partial charge in [0.25, 0.3) is 0 Å². The largest absolute Gasteiger partial charge is 0.350 e. The van der Waals surface area contributed by atoms with Crippen LogP contribution in [-0.2, 0) is 16.1 Å². The Hall–Kier alpha value is -2.69. The number of para-hydroxylation sites is 1. The number of pyridine rings is 1. The van der Waals surface area contributed by atoms with Crippen molar-refractivity contribution in [3.63, 3.8) is 0 Å². The molecule has 1 aliphatic carbocycles. The van der Waals surface area contributed by atoms with E-state index in [9.17, 15) is 9.59 Å². The Morgan fingerprint density at radius 2 is 1.75 bits per heavy atom. The van der Waals surface area contributed by atoms with Crippen molar-refractivity contribution in [2.75, 3.05) is 5.32 Å². The lowest BCUT2D eigenvalue weighted by Crippen LogP contribution is -2.40. The van der Waals surface area contributed by atoms with Gasteiger partial charge in [0.15, 0.2) is 0 Å². The molecule has 3 rings (SSSR count). The molecule has 1 aliphatic rings. The van der Waals surface area contributed by atoms with E-state index in [1.807, 2.05) is 50.2 Å². The van der Waals surface area contributed by atoms with Crippen molar-refractivity contribution in [3.8, 4) is 0 Å². The summed E-state index contributed by atoms with van der Waals surface area (Å²) in [5.41, 5.74) is 2.62. The third-order valence-electron chi connectivity index (χ3n) is 4.50. The molecule has 0 aliphatic heterocycles. The summed E-state index contributed by atoms with van der Waals surface area (Å²) in [6.45, 7) is 4.23. The number of nitrogens with zero attached hydrogens (tertiary/aromatic N) is 1. The van der Waals surface area contributed by atoms with E-state index >= 15 is 0 Å². The number of hydrogen-bond donors (Lipinski definition) is 2. The first-order valence-corrected chi connectivity index (χ1v) is 8.09. The fourth-order valence-corrected chi connectivity index (χ4v) is 2.77. The number of rotatable bonds is 5. The van der Waals surface area contributed by atoms with Crippen LogP contribution in [0.15, 0.2) is 42.6 Å². The molecule has 0 spiro atoms. The van der Waals surface area contributed by atoms with E-state index in [-0.39, 0.29) is 11.8 Å². The second kappa shape index (κ2) is 6.43. The highest BCUT2D eigenvalue weighted by molar-refractivity contribution is 6.13. The minimum atomic E-state index is -0.941. The van der Waals surface area contributed by atoms with Crippen molar-refractivity contribution < 1.29 is 9.59 Å². The van der Waals surface area contributed by atoms with Crippen LogP contribution in [0.1, 0.15) is 29.7 Å². The lowest BCUT2D eigenvalue weighted by Gasteiger charge is -2.17. The van der Waals surface area contributed by atoms with Crippen LogP contribution in [0.4, 0.5) is 5.69 Å². The molecule has 0 unspecified atom stereocenters. The Balaban J connectivity index is 1.67. The maximum absolute atomic E-state index is 12.7. The molecule has 0 saturated heterocycles. The summed E-state index contributed by atoms with van der Waals surface area (Å²) in [7, 11) is 0. The Kier molecular flexibility index (Phi) is 4.34. The molecule has 24 heavy (non-hydrogen) atoms. The minimum Gasteiger partial charge on any atom is -0.350 e. The number of anilines is 1. The van der Waals surface area contributed by atoms with E-state index in [0.29, 0.717) is 19.4 Å². The van der Waals surface area contributed by atoms with Gasteiger partial charge in [-0.05, 0) is 49.9 Å². The highest BCUT2D eigenvalue weighted by Crippen LogP contribution is 2.47. The molecule has 0 bridgehead atoms. The molecule has 1 fully saturated rings. The molecule has 1 saturated carbocycles. The third-order valence-corrected chi connectivity index (χ3v) is 4.50. The van der Waals surface area contributed by atoms with E-state index in [1.165, 1.54) is 0 Å². The van der Waals surface area contributed by atoms with Crippen molar-refractivity contribution in [3.05, 3.63) is 59.4 Å². The van der Waals surface area contributed by atoms with Crippen LogP contribution >= 0.6 is 0 Å². The van der Waals surface area contributed by atoms with Gasteiger partial charge in [0.05, 0.1) is 12.2 Å². The van der Waals surface area contributed by atoms with E-state index < -0.39 is 5.41 Å². The van der Waals surface area contributed by atoms with Crippen LogP contribution in [0, 0.1) is 19.3 Å². The molecule has 2 N–H and O–H groups in total. The van der Waals surface area contributed by atoms with Gasteiger partial charge in [-0.3, -0.25) is 14.6 Å². The van der Waals surface area contributed by atoms with Crippen LogP contribution in [-0.4, -0.2) is 16.8 Å².